The van der Waals surface area contributed by atoms with E-state index in [1.165, 1.54) is 29.7 Å². The molecule has 3 N–H and O–H groups in total. The molecule has 1 aliphatic heterocycles. The Hall–Kier alpha value is -2.54. The lowest BCUT2D eigenvalue weighted by Gasteiger charge is -2.22. The van der Waals surface area contributed by atoms with Crippen molar-refractivity contribution in [2.24, 2.45) is 5.73 Å². The summed E-state index contributed by atoms with van der Waals surface area (Å²) in [5.41, 5.74) is 12.5. The monoisotopic (exact) mass is 394 g/mol. The molecule has 7 heteroatoms. The molecule has 0 saturated carbocycles. The highest BCUT2D eigenvalue weighted by atomic mass is 16.1. The van der Waals surface area contributed by atoms with E-state index in [2.05, 4.69) is 33.2 Å². The molecule has 2 aliphatic rings. The van der Waals surface area contributed by atoms with E-state index >= 15 is 0 Å². The summed E-state index contributed by atoms with van der Waals surface area (Å²) in [6, 6.07) is 2.62. The molecule has 1 amide bonds. The largest absolute Gasteiger partial charge is 0.363 e. The van der Waals surface area contributed by atoms with Crippen LogP contribution in [0.4, 0.5) is 5.82 Å². The van der Waals surface area contributed by atoms with Crippen LogP contribution in [0.15, 0.2) is 6.07 Å². The lowest BCUT2D eigenvalue weighted by Crippen LogP contribution is -2.33. The first-order chi connectivity index (χ1) is 13.9. The van der Waals surface area contributed by atoms with Crippen molar-refractivity contribution in [1.29, 1.82) is 0 Å². The Morgan fingerprint density at radius 2 is 2.00 bits per heavy atom. The highest BCUT2D eigenvalue weighted by molar-refractivity contribution is 5.89. The second-order valence-electron chi connectivity index (χ2n) is 8.31. The molecule has 0 radical (unpaired) electrons. The van der Waals surface area contributed by atoms with Gasteiger partial charge in [-0.2, -0.15) is 0 Å². The van der Waals surface area contributed by atoms with Crippen LogP contribution in [-0.2, 0) is 19.4 Å². The number of rotatable bonds is 5. The highest BCUT2D eigenvalue weighted by Gasteiger charge is 2.26. The minimum absolute atomic E-state index is 0.0957. The minimum atomic E-state index is -0.582. The van der Waals surface area contributed by atoms with Gasteiger partial charge in [0.05, 0.1) is 0 Å². The maximum absolute atomic E-state index is 11.6. The molecule has 1 aliphatic carbocycles. The third-order valence-electron chi connectivity index (χ3n) is 6.17. The standard InChI is InChI=1S/C22H30N6O/c1-13-10-16(18-6-4-5-7-19(18)25-13)11-24-17-8-9-28(12-17)22-14(2)15(3)26-21(27-22)20(23)29/h10,17,24H,4-9,11-12H2,1-3H3,(H2,23,29)/t17-/m1/s1. The number of nitrogens with two attached hydrogens (primary N) is 1. The number of aromatic nitrogens is 3. The Kier molecular flexibility index (Phi) is 5.50. The van der Waals surface area contributed by atoms with Crippen molar-refractivity contribution in [1.82, 2.24) is 20.3 Å². The molecule has 0 spiro atoms. The molecular weight excluding hydrogens is 364 g/mol. The Morgan fingerprint density at radius 3 is 2.79 bits per heavy atom. The van der Waals surface area contributed by atoms with E-state index in [1.807, 2.05) is 13.8 Å². The van der Waals surface area contributed by atoms with E-state index in [1.54, 1.807) is 0 Å². The number of hydrogen-bond acceptors (Lipinski definition) is 6. The predicted octanol–water partition coefficient (Wildman–Crippen LogP) is 2.14. The molecular formula is C22H30N6O. The van der Waals surface area contributed by atoms with Gasteiger partial charge < -0.3 is 16.0 Å². The number of nitrogens with one attached hydrogen (secondary N) is 1. The Morgan fingerprint density at radius 1 is 1.21 bits per heavy atom. The maximum Gasteiger partial charge on any atom is 0.286 e. The van der Waals surface area contributed by atoms with Crippen molar-refractivity contribution >= 4 is 11.7 Å². The Bertz CT molecular complexity index is 941. The van der Waals surface area contributed by atoms with Gasteiger partial charge >= 0.3 is 0 Å². The predicted molar refractivity (Wildman–Crippen MR) is 113 cm³/mol. The molecule has 7 nitrogen and oxygen atoms in total. The molecule has 1 saturated heterocycles. The van der Waals surface area contributed by atoms with E-state index in [0.717, 1.165) is 61.7 Å². The first kappa shape index (κ1) is 19.8. The van der Waals surface area contributed by atoms with Crippen LogP contribution in [0.3, 0.4) is 0 Å². The van der Waals surface area contributed by atoms with Gasteiger partial charge in [0.15, 0.2) is 0 Å². The zero-order valence-corrected chi connectivity index (χ0v) is 17.6. The van der Waals surface area contributed by atoms with Crippen molar-refractivity contribution in [3.05, 3.63) is 45.7 Å². The molecule has 154 valence electrons. The van der Waals surface area contributed by atoms with Crippen LogP contribution in [-0.4, -0.2) is 40.0 Å². The van der Waals surface area contributed by atoms with E-state index < -0.39 is 5.91 Å². The summed E-state index contributed by atoms with van der Waals surface area (Å²) in [5, 5.41) is 3.74. The van der Waals surface area contributed by atoms with E-state index in [0.29, 0.717) is 6.04 Å². The minimum Gasteiger partial charge on any atom is -0.363 e. The normalized spacial score (nSPS) is 18.7. The number of carbonyl (C=O) groups excluding carboxylic acids is 1. The molecule has 2 aromatic rings. The molecule has 3 heterocycles. The van der Waals surface area contributed by atoms with Crippen molar-refractivity contribution in [3.63, 3.8) is 0 Å². The maximum atomic E-state index is 11.6. The lowest BCUT2D eigenvalue weighted by molar-refractivity contribution is 0.0990. The average molecular weight is 395 g/mol. The summed E-state index contributed by atoms with van der Waals surface area (Å²) in [7, 11) is 0. The second-order valence-corrected chi connectivity index (χ2v) is 8.31. The van der Waals surface area contributed by atoms with Crippen LogP contribution in [0.25, 0.3) is 0 Å². The van der Waals surface area contributed by atoms with Gasteiger partial charge in [-0.1, -0.05) is 0 Å². The molecule has 1 atom stereocenters. The summed E-state index contributed by atoms with van der Waals surface area (Å²) in [4.78, 5) is 27.2. The summed E-state index contributed by atoms with van der Waals surface area (Å²) in [6.45, 7) is 8.63. The molecule has 0 aromatic carbocycles. The average Bonchev–Trinajstić information content (AvgIpc) is 3.16. The third-order valence-corrected chi connectivity index (χ3v) is 6.17. The fourth-order valence-electron chi connectivity index (χ4n) is 4.51. The van der Waals surface area contributed by atoms with Crippen molar-refractivity contribution in [3.8, 4) is 0 Å². The van der Waals surface area contributed by atoms with Gasteiger partial charge in [0, 0.05) is 48.3 Å². The van der Waals surface area contributed by atoms with Gasteiger partial charge in [0.1, 0.15) is 5.82 Å². The molecule has 2 aromatic heterocycles. The number of pyridine rings is 1. The van der Waals surface area contributed by atoms with Crippen molar-refractivity contribution < 1.29 is 4.79 Å². The fourth-order valence-corrected chi connectivity index (χ4v) is 4.51. The third kappa shape index (κ3) is 4.10. The zero-order valence-electron chi connectivity index (χ0n) is 17.6. The van der Waals surface area contributed by atoms with Gasteiger partial charge in [0.25, 0.3) is 5.91 Å². The first-order valence-corrected chi connectivity index (χ1v) is 10.5. The van der Waals surface area contributed by atoms with Crippen molar-refractivity contribution in [2.45, 2.75) is 65.5 Å². The number of anilines is 1. The van der Waals surface area contributed by atoms with Crippen LogP contribution < -0.4 is 16.0 Å². The van der Waals surface area contributed by atoms with Gasteiger partial charge in [-0.05, 0) is 70.1 Å². The second kappa shape index (κ2) is 8.06. The van der Waals surface area contributed by atoms with Crippen LogP contribution in [0, 0.1) is 20.8 Å². The SMILES string of the molecule is Cc1cc(CN[C@@H]2CCN(c3nc(C(N)=O)nc(C)c3C)C2)c2c(n1)CCCC2. The molecule has 4 rings (SSSR count). The van der Waals surface area contributed by atoms with Gasteiger partial charge in [-0.15, -0.1) is 0 Å². The molecule has 0 bridgehead atoms. The van der Waals surface area contributed by atoms with Crippen LogP contribution in [0.1, 0.15) is 63.7 Å². The summed E-state index contributed by atoms with van der Waals surface area (Å²) >= 11 is 0. The van der Waals surface area contributed by atoms with Crippen LogP contribution in [0.5, 0.6) is 0 Å². The Labute approximate surface area is 172 Å². The number of hydrogen-bond donors (Lipinski definition) is 2. The lowest BCUT2D eigenvalue weighted by atomic mass is 9.91. The number of nitrogens with zero attached hydrogens (tertiary/aromatic N) is 4. The van der Waals surface area contributed by atoms with Gasteiger partial charge in [-0.25, -0.2) is 9.97 Å². The van der Waals surface area contributed by atoms with Gasteiger partial charge in [-0.3, -0.25) is 9.78 Å². The topological polar surface area (TPSA) is 97.0 Å². The quantitative estimate of drug-likeness (QED) is 0.806. The summed E-state index contributed by atoms with van der Waals surface area (Å²) in [5.74, 6) is 0.340. The fraction of sp³-hybridized carbons (Fsp3) is 0.545. The number of primary amides is 1. The zero-order chi connectivity index (χ0) is 20.5. The summed E-state index contributed by atoms with van der Waals surface area (Å²) < 4.78 is 0. The van der Waals surface area contributed by atoms with E-state index in [-0.39, 0.29) is 5.82 Å². The van der Waals surface area contributed by atoms with Crippen LogP contribution >= 0.6 is 0 Å². The molecule has 0 unspecified atom stereocenters. The van der Waals surface area contributed by atoms with Gasteiger partial charge in [0.2, 0.25) is 5.82 Å². The number of aryl methyl sites for hydroxylation is 3. The Balaban J connectivity index is 1.46. The number of carbonyl (C=O) groups is 1. The van der Waals surface area contributed by atoms with E-state index in [9.17, 15) is 4.79 Å². The van der Waals surface area contributed by atoms with Crippen LogP contribution in [0.2, 0.25) is 0 Å². The number of fused-ring (bicyclic) bond motifs is 1. The highest BCUT2D eigenvalue weighted by Crippen LogP contribution is 2.26. The first-order valence-electron chi connectivity index (χ1n) is 10.5. The summed E-state index contributed by atoms with van der Waals surface area (Å²) in [6.07, 6.45) is 5.80. The molecule has 29 heavy (non-hydrogen) atoms. The number of amides is 1. The van der Waals surface area contributed by atoms with Crippen molar-refractivity contribution in [2.75, 3.05) is 18.0 Å². The molecule has 1 fully saturated rings. The smallest absolute Gasteiger partial charge is 0.286 e. The van der Waals surface area contributed by atoms with E-state index in [4.69, 9.17) is 10.7 Å².